The van der Waals surface area contributed by atoms with Crippen LogP contribution in [0.4, 0.5) is 0 Å². The van der Waals surface area contributed by atoms with Crippen LogP contribution < -0.4 is 14.2 Å². The van der Waals surface area contributed by atoms with E-state index in [0.717, 1.165) is 21.5 Å². The van der Waals surface area contributed by atoms with E-state index < -0.39 is 5.97 Å². The summed E-state index contributed by atoms with van der Waals surface area (Å²) in [4.78, 5) is 11.3. The second-order valence-electron chi connectivity index (χ2n) is 5.05. The second kappa shape index (κ2) is 5.68. The number of aromatic carboxylic acids is 1. The molecule has 5 heteroatoms. The monoisotopic (exact) mass is 312 g/mol. The van der Waals surface area contributed by atoms with Gasteiger partial charge in [0.25, 0.3) is 0 Å². The summed E-state index contributed by atoms with van der Waals surface area (Å²) in [6.07, 6.45) is 0. The SMILES string of the molecule is COc1cc2c(ccc3ccc(C(=O)O)cc32)c(OC)c1OC. The summed E-state index contributed by atoms with van der Waals surface area (Å²) < 4.78 is 16.3. The lowest BCUT2D eigenvalue weighted by Crippen LogP contribution is -1.97. The summed E-state index contributed by atoms with van der Waals surface area (Å²) in [5.41, 5.74) is 0.235. The number of carbonyl (C=O) groups is 1. The van der Waals surface area contributed by atoms with E-state index >= 15 is 0 Å². The number of hydrogen-bond acceptors (Lipinski definition) is 4. The Balaban J connectivity index is 2.48. The highest BCUT2D eigenvalue weighted by Crippen LogP contribution is 2.45. The van der Waals surface area contributed by atoms with Crippen LogP contribution in [0.15, 0.2) is 36.4 Å². The minimum Gasteiger partial charge on any atom is -0.493 e. The summed E-state index contributed by atoms with van der Waals surface area (Å²) in [6.45, 7) is 0. The molecule has 3 aromatic rings. The molecule has 0 aliphatic rings. The molecule has 0 radical (unpaired) electrons. The molecule has 118 valence electrons. The third-order valence-corrected chi connectivity index (χ3v) is 3.89. The van der Waals surface area contributed by atoms with Gasteiger partial charge in [-0.25, -0.2) is 4.79 Å². The Kier molecular flexibility index (Phi) is 3.70. The van der Waals surface area contributed by atoms with Crippen molar-refractivity contribution in [3.8, 4) is 17.2 Å². The normalized spacial score (nSPS) is 10.7. The van der Waals surface area contributed by atoms with E-state index in [9.17, 15) is 9.90 Å². The summed E-state index contributed by atoms with van der Waals surface area (Å²) in [7, 11) is 4.67. The molecule has 0 aliphatic heterocycles. The molecule has 0 saturated heterocycles. The Morgan fingerprint density at radius 1 is 0.826 bits per heavy atom. The smallest absolute Gasteiger partial charge is 0.335 e. The number of carboxylic acid groups (broad SMARTS) is 1. The molecule has 0 saturated carbocycles. The average Bonchev–Trinajstić information content (AvgIpc) is 2.58. The van der Waals surface area contributed by atoms with Crippen molar-refractivity contribution in [2.45, 2.75) is 0 Å². The molecule has 0 atom stereocenters. The van der Waals surface area contributed by atoms with Crippen molar-refractivity contribution in [3.05, 3.63) is 42.0 Å². The zero-order chi connectivity index (χ0) is 16.6. The maximum absolute atomic E-state index is 11.3. The molecule has 0 fully saturated rings. The van der Waals surface area contributed by atoms with Gasteiger partial charge >= 0.3 is 5.97 Å². The van der Waals surface area contributed by atoms with Gasteiger partial charge < -0.3 is 19.3 Å². The molecule has 0 heterocycles. The minimum absolute atomic E-state index is 0.235. The van der Waals surface area contributed by atoms with Crippen LogP contribution in [-0.2, 0) is 0 Å². The van der Waals surface area contributed by atoms with E-state index in [0.29, 0.717) is 17.2 Å². The molecule has 0 unspecified atom stereocenters. The van der Waals surface area contributed by atoms with Crippen LogP contribution in [0.1, 0.15) is 10.4 Å². The van der Waals surface area contributed by atoms with Crippen molar-refractivity contribution in [1.29, 1.82) is 0 Å². The number of hydrogen-bond donors (Lipinski definition) is 1. The molecule has 1 N–H and O–H groups in total. The lowest BCUT2D eigenvalue weighted by atomic mass is 9.98. The maximum Gasteiger partial charge on any atom is 0.335 e. The summed E-state index contributed by atoms with van der Waals surface area (Å²) in [5, 5.41) is 12.7. The number of fused-ring (bicyclic) bond motifs is 3. The molecular weight excluding hydrogens is 296 g/mol. The van der Waals surface area contributed by atoms with Gasteiger partial charge in [0.05, 0.1) is 26.9 Å². The summed E-state index contributed by atoms with van der Waals surface area (Å²) >= 11 is 0. The Morgan fingerprint density at radius 2 is 1.52 bits per heavy atom. The molecule has 0 spiro atoms. The molecule has 3 aromatic carbocycles. The first kappa shape index (κ1) is 15.0. The van der Waals surface area contributed by atoms with Crippen molar-refractivity contribution < 1.29 is 24.1 Å². The van der Waals surface area contributed by atoms with E-state index in [1.807, 2.05) is 18.2 Å². The Labute approximate surface area is 133 Å². The van der Waals surface area contributed by atoms with Gasteiger partial charge in [-0.05, 0) is 40.4 Å². The van der Waals surface area contributed by atoms with E-state index in [1.165, 1.54) is 0 Å². The number of benzene rings is 3. The summed E-state index contributed by atoms with van der Waals surface area (Å²) in [5.74, 6) is 0.641. The van der Waals surface area contributed by atoms with Crippen LogP contribution in [0.5, 0.6) is 17.2 Å². The van der Waals surface area contributed by atoms with Crippen LogP contribution in [0, 0.1) is 0 Å². The molecule has 0 aliphatic carbocycles. The first-order valence-electron chi connectivity index (χ1n) is 6.99. The Bertz CT molecular complexity index is 914. The topological polar surface area (TPSA) is 65.0 Å². The Morgan fingerprint density at radius 3 is 2.13 bits per heavy atom. The number of methoxy groups -OCH3 is 3. The largest absolute Gasteiger partial charge is 0.493 e. The zero-order valence-electron chi connectivity index (χ0n) is 13.0. The fourth-order valence-electron chi connectivity index (χ4n) is 2.81. The second-order valence-corrected chi connectivity index (χ2v) is 5.05. The van der Waals surface area contributed by atoms with E-state index in [1.54, 1.807) is 39.5 Å². The zero-order valence-corrected chi connectivity index (χ0v) is 13.0. The predicted molar refractivity (Wildman–Crippen MR) is 88.1 cm³/mol. The lowest BCUT2D eigenvalue weighted by molar-refractivity contribution is 0.0697. The molecule has 23 heavy (non-hydrogen) atoms. The molecule has 0 aromatic heterocycles. The van der Waals surface area contributed by atoms with Gasteiger partial charge in [-0.1, -0.05) is 12.1 Å². The molecule has 0 bridgehead atoms. The van der Waals surface area contributed by atoms with Gasteiger partial charge in [0, 0.05) is 5.39 Å². The molecule has 5 nitrogen and oxygen atoms in total. The van der Waals surface area contributed by atoms with Gasteiger partial charge in [0.15, 0.2) is 11.5 Å². The van der Waals surface area contributed by atoms with Crippen LogP contribution >= 0.6 is 0 Å². The number of rotatable bonds is 4. The van der Waals surface area contributed by atoms with Crippen molar-refractivity contribution in [3.63, 3.8) is 0 Å². The van der Waals surface area contributed by atoms with Crippen LogP contribution in [0.3, 0.4) is 0 Å². The van der Waals surface area contributed by atoms with Crippen LogP contribution in [-0.4, -0.2) is 32.4 Å². The predicted octanol–water partition coefficient (Wildman–Crippen LogP) is 3.72. The molecular formula is C18H16O5. The van der Waals surface area contributed by atoms with Crippen molar-refractivity contribution in [2.24, 2.45) is 0 Å². The van der Waals surface area contributed by atoms with E-state index in [2.05, 4.69) is 0 Å². The van der Waals surface area contributed by atoms with Crippen molar-refractivity contribution in [1.82, 2.24) is 0 Å². The molecule has 3 rings (SSSR count). The number of ether oxygens (including phenoxy) is 3. The first-order chi connectivity index (χ1) is 11.1. The van der Waals surface area contributed by atoms with Gasteiger partial charge in [-0.3, -0.25) is 0 Å². The van der Waals surface area contributed by atoms with Gasteiger partial charge in [-0.2, -0.15) is 0 Å². The van der Waals surface area contributed by atoms with E-state index in [-0.39, 0.29) is 5.56 Å². The Hall–Kier alpha value is -2.95. The average molecular weight is 312 g/mol. The van der Waals surface area contributed by atoms with Crippen molar-refractivity contribution >= 4 is 27.5 Å². The highest BCUT2D eigenvalue weighted by molar-refractivity contribution is 6.12. The highest BCUT2D eigenvalue weighted by atomic mass is 16.5. The molecule has 0 amide bonds. The highest BCUT2D eigenvalue weighted by Gasteiger charge is 2.17. The van der Waals surface area contributed by atoms with Crippen molar-refractivity contribution in [2.75, 3.05) is 21.3 Å². The fourth-order valence-corrected chi connectivity index (χ4v) is 2.81. The number of carboxylic acids is 1. The third kappa shape index (κ3) is 2.30. The minimum atomic E-state index is -0.962. The van der Waals surface area contributed by atoms with E-state index in [4.69, 9.17) is 14.2 Å². The van der Waals surface area contributed by atoms with Gasteiger partial charge in [-0.15, -0.1) is 0 Å². The van der Waals surface area contributed by atoms with Crippen LogP contribution in [0.2, 0.25) is 0 Å². The standard InChI is InChI=1S/C18H16O5/c1-21-15-9-14-12(16(22-2)17(15)23-3)7-6-10-4-5-11(18(19)20)8-13(10)14/h4-9H,1-3H3,(H,19,20). The fraction of sp³-hybridized carbons (Fsp3) is 0.167. The first-order valence-corrected chi connectivity index (χ1v) is 6.99. The van der Waals surface area contributed by atoms with Gasteiger partial charge in [0.2, 0.25) is 5.75 Å². The lowest BCUT2D eigenvalue weighted by Gasteiger charge is -2.16. The van der Waals surface area contributed by atoms with Crippen LogP contribution in [0.25, 0.3) is 21.5 Å². The van der Waals surface area contributed by atoms with Gasteiger partial charge in [0.1, 0.15) is 0 Å². The third-order valence-electron chi connectivity index (χ3n) is 3.89. The quantitative estimate of drug-likeness (QED) is 0.744. The summed E-state index contributed by atoms with van der Waals surface area (Å²) in [6, 6.07) is 10.7. The maximum atomic E-state index is 11.3.